The van der Waals surface area contributed by atoms with Crippen LogP contribution in [-0.2, 0) is 9.53 Å². The van der Waals surface area contributed by atoms with Gasteiger partial charge in [0.2, 0.25) is 0 Å². The highest BCUT2D eigenvalue weighted by Crippen LogP contribution is 2.14. The summed E-state index contributed by atoms with van der Waals surface area (Å²) in [6, 6.07) is 0.350. The Balaban J connectivity index is 1.88. The zero-order valence-electron chi connectivity index (χ0n) is 10.1. The Morgan fingerprint density at radius 1 is 1.56 bits per heavy atom. The number of nitrogens with zero attached hydrogens (tertiary/aromatic N) is 2. The molecule has 92 valence electrons. The van der Waals surface area contributed by atoms with Crippen LogP contribution in [0.4, 0.5) is 0 Å². The van der Waals surface area contributed by atoms with Crippen LogP contribution in [0.1, 0.15) is 6.42 Å². The molecule has 2 unspecified atom stereocenters. The van der Waals surface area contributed by atoms with Gasteiger partial charge in [0.1, 0.15) is 6.10 Å². The third kappa shape index (κ3) is 2.53. The van der Waals surface area contributed by atoms with Gasteiger partial charge in [-0.2, -0.15) is 0 Å². The largest absolute Gasteiger partial charge is 0.366 e. The highest BCUT2D eigenvalue weighted by atomic mass is 16.5. The zero-order valence-corrected chi connectivity index (χ0v) is 10.1. The summed E-state index contributed by atoms with van der Waals surface area (Å²) in [4.78, 5) is 16.3. The minimum absolute atomic E-state index is 0.118. The minimum Gasteiger partial charge on any atom is -0.366 e. The highest BCUT2D eigenvalue weighted by Gasteiger charge is 2.31. The summed E-state index contributed by atoms with van der Waals surface area (Å²) in [6.45, 7) is 4.18. The molecule has 2 saturated heterocycles. The van der Waals surface area contributed by atoms with E-state index < -0.39 is 0 Å². The third-order valence-electron chi connectivity index (χ3n) is 3.46. The summed E-state index contributed by atoms with van der Waals surface area (Å²) in [5.41, 5.74) is 0. The molecule has 0 spiro atoms. The Hall–Kier alpha value is -0.650. The molecule has 5 heteroatoms. The molecule has 0 aromatic rings. The van der Waals surface area contributed by atoms with Crippen molar-refractivity contribution in [3.05, 3.63) is 0 Å². The number of likely N-dealkylation sites (tertiary alicyclic amines) is 1. The molecule has 2 aliphatic heterocycles. The van der Waals surface area contributed by atoms with E-state index in [0.717, 1.165) is 26.1 Å². The van der Waals surface area contributed by atoms with E-state index in [1.54, 1.807) is 0 Å². The molecule has 2 rings (SSSR count). The lowest BCUT2D eigenvalue weighted by Gasteiger charge is -2.30. The smallest absolute Gasteiger partial charge is 0.253 e. The fraction of sp³-hybridized carbons (Fsp3) is 0.909. The molecule has 0 saturated carbocycles. The normalized spacial score (nSPS) is 31.6. The molecule has 2 fully saturated rings. The molecule has 5 nitrogen and oxygen atoms in total. The average Bonchev–Trinajstić information content (AvgIpc) is 2.75. The van der Waals surface area contributed by atoms with Gasteiger partial charge in [0.15, 0.2) is 0 Å². The topological polar surface area (TPSA) is 44.8 Å². The summed E-state index contributed by atoms with van der Waals surface area (Å²) in [6.07, 6.45) is 0.781. The maximum atomic E-state index is 12.1. The van der Waals surface area contributed by atoms with Gasteiger partial charge in [-0.25, -0.2) is 0 Å². The van der Waals surface area contributed by atoms with Gasteiger partial charge in [-0.15, -0.1) is 0 Å². The molecule has 2 atom stereocenters. The molecule has 2 heterocycles. The van der Waals surface area contributed by atoms with Crippen LogP contribution in [0, 0.1) is 0 Å². The van der Waals surface area contributed by atoms with Crippen molar-refractivity contribution in [1.29, 1.82) is 0 Å². The Morgan fingerprint density at radius 2 is 2.38 bits per heavy atom. The lowest BCUT2D eigenvalue weighted by molar-refractivity contribution is -0.145. The maximum Gasteiger partial charge on any atom is 0.253 e. The Labute approximate surface area is 96.7 Å². The summed E-state index contributed by atoms with van der Waals surface area (Å²) >= 11 is 0. The van der Waals surface area contributed by atoms with Crippen LogP contribution in [0.25, 0.3) is 0 Å². The van der Waals surface area contributed by atoms with Gasteiger partial charge in [0.05, 0.1) is 6.61 Å². The Morgan fingerprint density at radius 3 is 2.94 bits per heavy atom. The first-order valence-corrected chi connectivity index (χ1v) is 5.96. The first-order chi connectivity index (χ1) is 7.68. The minimum atomic E-state index is -0.287. The number of nitrogens with one attached hydrogen (secondary N) is 1. The van der Waals surface area contributed by atoms with E-state index in [1.807, 2.05) is 11.9 Å². The summed E-state index contributed by atoms with van der Waals surface area (Å²) in [7, 11) is 3.99. The van der Waals surface area contributed by atoms with Crippen molar-refractivity contribution >= 4 is 5.91 Å². The van der Waals surface area contributed by atoms with Crippen molar-refractivity contribution in [2.24, 2.45) is 0 Å². The van der Waals surface area contributed by atoms with Crippen molar-refractivity contribution in [3.63, 3.8) is 0 Å². The van der Waals surface area contributed by atoms with Crippen molar-refractivity contribution in [3.8, 4) is 0 Å². The van der Waals surface area contributed by atoms with Crippen LogP contribution < -0.4 is 5.32 Å². The first kappa shape index (κ1) is 11.8. The van der Waals surface area contributed by atoms with Crippen molar-refractivity contribution < 1.29 is 9.53 Å². The fourth-order valence-electron chi connectivity index (χ4n) is 2.36. The number of carbonyl (C=O) groups is 1. The van der Waals surface area contributed by atoms with Gasteiger partial charge < -0.3 is 19.9 Å². The average molecular weight is 227 g/mol. The van der Waals surface area contributed by atoms with E-state index >= 15 is 0 Å². The molecule has 1 N–H and O–H groups in total. The second-order valence-corrected chi connectivity index (χ2v) is 4.72. The predicted molar refractivity (Wildman–Crippen MR) is 61.3 cm³/mol. The number of rotatable bonds is 2. The number of hydrogen-bond acceptors (Lipinski definition) is 4. The van der Waals surface area contributed by atoms with Crippen molar-refractivity contribution in [2.75, 3.05) is 46.9 Å². The van der Waals surface area contributed by atoms with Gasteiger partial charge in [-0.3, -0.25) is 4.79 Å². The summed E-state index contributed by atoms with van der Waals surface area (Å²) < 4.78 is 5.48. The second kappa shape index (κ2) is 5.12. The highest BCUT2D eigenvalue weighted by molar-refractivity contribution is 5.81. The van der Waals surface area contributed by atoms with E-state index in [4.69, 9.17) is 4.74 Å². The fourth-order valence-corrected chi connectivity index (χ4v) is 2.36. The monoisotopic (exact) mass is 227 g/mol. The number of hydrogen-bond donors (Lipinski definition) is 1. The molecule has 0 aromatic carbocycles. The standard InChI is InChI=1S/C11H21N3O2/c1-13-5-3-9(8-13)14(2)11(15)10-7-12-4-6-16-10/h9-10,12H,3-8H2,1-2H3. The number of likely N-dealkylation sites (N-methyl/N-ethyl adjacent to an activating group) is 2. The molecule has 16 heavy (non-hydrogen) atoms. The molecule has 1 amide bonds. The van der Waals surface area contributed by atoms with E-state index in [1.165, 1.54) is 0 Å². The number of amides is 1. The van der Waals surface area contributed by atoms with Gasteiger partial charge in [0, 0.05) is 32.7 Å². The van der Waals surface area contributed by atoms with Crippen LogP contribution in [-0.4, -0.2) is 74.7 Å². The maximum absolute atomic E-state index is 12.1. The van der Waals surface area contributed by atoms with Crippen LogP contribution >= 0.6 is 0 Å². The lowest BCUT2D eigenvalue weighted by atomic mass is 10.2. The van der Waals surface area contributed by atoms with Crippen LogP contribution in [0.3, 0.4) is 0 Å². The van der Waals surface area contributed by atoms with Crippen LogP contribution in [0.5, 0.6) is 0 Å². The van der Waals surface area contributed by atoms with Gasteiger partial charge in [-0.1, -0.05) is 0 Å². The zero-order chi connectivity index (χ0) is 11.5. The predicted octanol–water partition coefficient (Wildman–Crippen LogP) is -0.863. The van der Waals surface area contributed by atoms with Crippen LogP contribution in [0.15, 0.2) is 0 Å². The Bertz CT molecular complexity index is 254. The third-order valence-corrected chi connectivity index (χ3v) is 3.46. The number of morpholine rings is 1. The van der Waals surface area contributed by atoms with Gasteiger partial charge in [-0.05, 0) is 20.0 Å². The van der Waals surface area contributed by atoms with E-state index in [2.05, 4.69) is 17.3 Å². The second-order valence-electron chi connectivity index (χ2n) is 4.72. The molecular weight excluding hydrogens is 206 g/mol. The van der Waals surface area contributed by atoms with E-state index in [0.29, 0.717) is 19.2 Å². The van der Waals surface area contributed by atoms with E-state index in [-0.39, 0.29) is 12.0 Å². The van der Waals surface area contributed by atoms with Crippen molar-refractivity contribution in [2.45, 2.75) is 18.6 Å². The molecule has 2 aliphatic rings. The number of carbonyl (C=O) groups excluding carboxylic acids is 1. The summed E-state index contributed by atoms with van der Waals surface area (Å²) in [5, 5.41) is 3.19. The first-order valence-electron chi connectivity index (χ1n) is 5.96. The quantitative estimate of drug-likeness (QED) is 0.666. The lowest BCUT2D eigenvalue weighted by Crippen LogP contribution is -2.51. The molecule has 0 bridgehead atoms. The molecule has 0 aromatic heterocycles. The van der Waals surface area contributed by atoms with Crippen molar-refractivity contribution in [1.82, 2.24) is 15.1 Å². The number of ether oxygens (including phenoxy) is 1. The molecular formula is C11H21N3O2. The van der Waals surface area contributed by atoms with Crippen LogP contribution in [0.2, 0.25) is 0 Å². The van der Waals surface area contributed by atoms with Gasteiger partial charge in [0.25, 0.3) is 5.91 Å². The Kier molecular flexibility index (Phi) is 3.78. The molecule has 0 radical (unpaired) electrons. The van der Waals surface area contributed by atoms with E-state index in [9.17, 15) is 4.79 Å². The summed E-state index contributed by atoms with van der Waals surface area (Å²) in [5.74, 6) is 0.118. The molecule has 0 aliphatic carbocycles. The van der Waals surface area contributed by atoms with Gasteiger partial charge >= 0.3 is 0 Å². The SMILES string of the molecule is CN1CCC(N(C)C(=O)C2CNCCO2)C1.